The number of carbonyl (C=O) groups excluding carboxylic acids is 4. The van der Waals surface area contributed by atoms with Gasteiger partial charge in [-0.25, -0.2) is 4.79 Å². The molecule has 5 aliphatic heterocycles. The highest BCUT2D eigenvalue weighted by molar-refractivity contribution is 5.73. The summed E-state index contributed by atoms with van der Waals surface area (Å²) >= 11 is 0. The van der Waals surface area contributed by atoms with E-state index >= 15 is 0 Å². The number of aliphatic hydroxyl groups is 13. The third-order valence-corrected chi connectivity index (χ3v) is 24.7. The molecule has 0 radical (unpaired) electrons. The number of rotatable bonds is 19. The number of fused-ring (bicyclic) bond motifs is 7. The van der Waals surface area contributed by atoms with Crippen molar-refractivity contribution in [2.75, 3.05) is 33.0 Å². The fourth-order valence-corrected chi connectivity index (χ4v) is 19.0. The minimum atomic E-state index is -2.19. The molecule has 5 aliphatic carbocycles. The van der Waals surface area contributed by atoms with Crippen molar-refractivity contribution in [1.82, 2.24) is 0 Å². The van der Waals surface area contributed by atoms with E-state index in [-0.39, 0.29) is 24.2 Å². The number of allylic oxidation sites excluding steroid dienone is 2. The normalized spacial score (nSPS) is 50.0. The Bertz CT molecular complexity index is 2950. The summed E-state index contributed by atoms with van der Waals surface area (Å²) in [7, 11) is 0. The fourth-order valence-electron chi connectivity index (χ4n) is 19.0. The molecule has 0 aromatic carbocycles. The van der Waals surface area contributed by atoms with Gasteiger partial charge in [0.25, 0.3) is 0 Å². The molecule has 570 valence electrons. The molecule has 5 saturated heterocycles. The van der Waals surface area contributed by atoms with Crippen LogP contribution in [0.1, 0.15) is 128 Å². The summed E-state index contributed by atoms with van der Waals surface area (Å²) in [6, 6.07) is 0. The summed E-state index contributed by atoms with van der Waals surface area (Å²) in [5, 5.41) is 156. The van der Waals surface area contributed by atoms with E-state index in [0.29, 0.717) is 44.9 Å². The second kappa shape index (κ2) is 29.8. The van der Waals surface area contributed by atoms with E-state index in [1.807, 2.05) is 20.8 Å². The molecule has 0 aromatic heterocycles. The highest BCUT2D eigenvalue weighted by atomic mass is 16.8. The number of carboxylic acids is 1. The molecule has 33 heteroatoms. The van der Waals surface area contributed by atoms with E-state index in [2.05, 4.69) is 33.8 Å². The molecular weight excluding hydrogens is 1330 g/mol. The molecule has 9 fully saturated rings. The van der Waals surface area contributed by atoms with Gasteiger partial charge in [0.2, 0.25) is 0 Å². The summed E-state index contributed by atoms with van der Waals surface area (Å²) in [6.45, 7) is 15.7. The number of hydrogen-bond acceptors (Lipinski definition) is 32. The second-order valence-corrected chi connectivity index (χ2v) is 31.2. The van der Waals surface area contributed by atoms with Crippen LogP contribution in [-0.4, -0.2) is 300 Å². The van der Waals surface area contributed by atoms with Crippen LogP contribution in [0.2, 0.25) is 0 Å². The number of ether oxygens (including phenoxy) is 14. The molecule has 0 aromatic rings. The number of carbonyl (C=O) groups is 5. The SMILES string of the molecule is CC(=O)OCC1OC(OC2C(O)COC(OC3C(O)C(C)(C)CC4C5=CCC6C7(C)CCC(OC8OC(C(=O)O)C(O)C(O)C8OC8OC(CO)C(O)C(O)C8OC8OC(CO)C(O)C(O)C8O)C(C)(CO)C7CCC6(C)C5(C)CCC43C)C2O)C(OC(C)=O)C(OC(C)=O)C1OC(C)=O. The summed E-state index contributed by atoms with van der Waals surface area (Å²) < 4.78 is 83.5. The lowest BCUT2D eigenvalue weighted by molar-refractivity contribution is -0.397. The standard InChI is InChI=1S/C67H104O33/c1-26(71)87-24-35-48(89-27(2)72)52(90-28(3)73)53(91-29(4)74)61(94-35)96-47-32(75)23-88-57(46(47)83)100-55-54(84)62(5,6)20-31-30-12-13-37-64(8)16-15-38(65(9,25-70)36(64)14-17-67(37,11)66(30,10)19-18-63(31,55)7)95-60-51(44(81)43(80)49(97-60)56(85)86)99-59-50(42(79)40(77)34(22-69)93-59)98-58-45(82)41(78)39(76)33(21-68)92-58/h12,31-55,57-61,68-70,75-84H,13-25H2,1-11H3,(H,85,86). The van der Waals surface area contributed by atoms with Crippen LogP contribution < -0.4 is 0 Å². The molecule has 10 aliphatic rings. The molecule has 0 spiro atoms. The van der Waals surface area contributed by atoms with Crippen molar-refractivity contribution >= 4 is 29.8 Å². The summed E-state index contributed by atoms with van der Waals surface area (Å²) in [4.78, 5) is 62.5. The maximum Gasteiger partial charge on any atom is 0.335 e. The Morgan fingerprint density at radius 2 is 1.06 bits per heavy atom. The molecular formula is C67H104O33. The largest absolute Gasteiger partial charge is 0.479 e. The van der Waals surface area contributed by atoms with E-state index in [9.17, 15) is 95.5 Å². The van der Waals surface area contributed by atoms with Crippen LogP contribution in [0.5, 0.6) is 0 Å². The van der Waals surface area contributed by atoms with Crippen molar-refractivity contribution in [1.29, 1.82) is 0 Å². The summed E-state index contributed by atoms with van der Waals surface area (Å²) in [6.07, 6.45) is -40.3. The Labute approximate surface area is 578 Å². The average Bonchev–Trinajstić information content (AvgIpc) is 0.673. The van der Waals surface area contributed by atoms with Gasteiger partial charge in [-0.3, -0.25) is 19.2 Å². The van der Waals surface area contributed by atoms with Gasteiger partial charge >= 0.3 is 29.8 Å². The van der Waals surface area contributed by atoms with E-state index in [1.54, 1.807) is 0 Å². The Kier molecular flexibility index (Phi) is 23.5. The highest BCUT2D eigenvalue weighted by Crippen LogP contribution is 2.76. The predicted molar refractivity (Wildman–Crippen MR) is 331 cm³/mol. The van der Waals surface area contributed by atoms with Crippen LogP contribution in [-0.2, 0) is 90.3 Å². The van der Waals surface area contributed by atoms with Crippen molar-refractivity contribution < 1.29 is 162 Å². The Morgan fingerprint density at radius 1 is 0.510 bits per heavy atom. The third kappa shape index (κ3) is 14.1. The molecule has 33 nitrogen and oxygen atoms in total. The van der Waals surface area contributed by atoms with Gasteiger partial charge in [0, 0.05) is 38.5 Å². The van der Waals surface area contributed by atoms with Crippen molar-refractivity contribution in [3.8, 4) is 0 Å². The monoisotopic (exact) mass is 1440 g/mol. The first-order chi connectivity index (χ1) is 46.8. The second-order valence-electron chi connectivity index (χ2n) is 31.2. The molecule has 100 heavy (non-hydrogen) atoms. The zero-order valence-electron chi connectivity index (χ0n) is 58.1. The van der Waals surface area contributed by atoms with Gasteiger partial charge < -0.3 is 138 Å². The minimum Gasteiger partial charge on any atom is -0.479 e. The van der Waals surface area contributed by atoms with Crippen LogP contribution >= 0.6 is 0 Å². The number of hydrogen-bond donors (Lipinski definition) is 14. The maximum absolute atomic E-state index is 12.7. The van der Waals surface area contributed by atoms with Gasteiger partial charge in [0.05, 0.1) is 44.7 Å². The number of aliphatic hydroxyl groups excluding tert-OH is 13. The van der Waals surface area contributed by atoms with Crippen LogP contribution in [0, 0.1) is 50.2 Å². The lowest BCUT2D eigenvalue weighted by Crippen LogP contribution is -2.69. The van der Waals surface area contributed by atoms with Crippen molar-refractivity contribution in [3.63, 3.8) is 0 Å². The molecule has 35 atom stereocenters. The van der Waals surface area contributed by atoms with Crippen LogP contribution in [0.15, 0.2) is 11.6 Å². The molecule has 0 amide bonds. The molecule has 10 rings (SSSR count). The van der Waals surface area contributed by atoms with Gasteiger partial charge in [0.15, 0.2) is 55.9 Å². The quantitative estimate of drug-likeness (QED) is 0.0269. The first kappa shape index (κ1) is 78.8. The van der Waals surface area contributed by atoms with Gasteiger partial charge in [-0.05, 0) is 90.8 Å². The van der Waals surface area contributed by atoms with E-state index in [0.717, 1.165) is 27.7 Å². The van der Waals surface area contributed by atoms with Crippen molar-refractivity contribution in [3.05, 3.63) is 11.6 Å². The highest BCUT2D eigenvalue weighted by Gasteiger charge is 2.71. The Morgan fingerprint density at radius 3 is 1.66 bits per heavy atom. The lowest BCUT2D eigenvalue weighted by Gasteiger charge is -2.72. The molecule has 4 saturated carbocycles. The Balaban J connectivity index is 0.893. The first-order valence-corrected chi connectivity index (χ1v) is 34.5. The first-order valence-electron chi connectivity index (χ1n) is 34.5. The van der Waals surface area contributed by atoms with Crippen molar-refractivity contribution in [2.45, 2.75) is 293 Å². The summed E-state index contributed by atoms with van der Waals surface area (Å²) in [5.74, 6) is -5.61. The van der Waals surface area contributed by atoms with E-state index in [4.69, 9.17) is 66.3 Å². The van der Waals surface area contributed by atoms with Crippen LogP contribution in [0.3, 0.4) is 0 Å². The zero-order valence-corrected chi connectivity index (χ0v) is 58.1. The predicted octanol–water partition coefficient (Wildman–Crippen LogP) is -2.78. The van der Waals surface area contributed by atoms with Gasteiger partial charge in [-0.15, -0.1) is 0 Å². The summed E-state index contributed by atoms with van der Waals surface area (Å²) in [5.41, 5.74) is -2.96. The Hall–Kier alpha value is -3.83. The zero-order chi connectivity index (χ0) is 73.6. The van der Waals surface area contributed by atoms with Gasteiger partial charge in [-0.1, -0.05) is 60.1 Å². The topological polar surface area (TPSA) is 498 Å². The van der Waals surface area contributed by atoms with E-state index in [1.165, 1.54) is 5.57 Å². The molecule has 35 unspecified atom stereocenters. The smallest absolute Gasteiger partial charge is 0.335 e. The van der Waals surface area contributed by atoms with Gasteiger partial charge in [-0.2, -0.15) is 0 Å². The molecule has 14 N–H and O–H groups in total. The maximum atomic E-state index is 12.7. The van der Waals surface area contributed by atoms with E-state index < -0.39 is 261 Å². The molecule has 5 heterocycles. The lowest BCUT2D eigenvalue weighted by atomic mass is 9.33. The van der Waals surface area contributed by atoms with Crippen LogP contribution in [0.25, 0.3) is 0 Å². The van der Waals surface area contributed by atoms with Gasteiger partial charge in [0.1, 0.15) is 98.2 Å². The minimum absolute atomic E-state index is 0.0184. The fraction of sp³-hybridized carbons (Fsp3) is 0.896. The van der Waals surface area contributed by atoms with Crippen LogP contribution in [0.4, 0.5) is 0 Å². The number of carboxylic acid groups (broad SMARTS) is 1. The average molecular weight is 1440 g/mol. The molecule has 0 bridgehead atoms. The number of aliphatic carboxylic acids is 1. The third-order valence-electron chi connectivity index (χ3n) is 24.7. The van der Waals surface area contributed by atoms with Crippen molar-refractivity contribution in [2.24, 2.45) is 50.2 Å². The number of esters is 4.